The van der Waals surface area contributed by atoms with Crippen molar-refractivity contribution in [1.29, 1.82) is 0 Å². The number of rotatable bonds is 18. The first-order valence-corrected chi connectivity index (χ1v) is 11.7. The maximum Gasteiger partial charge on any atom is 0.104 e. The van der Waals surface area contributed by atoms with E-state index in [0.717, 1.165) is 13.1 Å². The normalized spacial score (nSPS) is 12.9. The number of nitrogens with zero attached hydrogens (tertiary/aromatic N) is 1. The minimum Gasteiger partial charge on any atom is -0.379 e. The highest BCUT2D eigenvalue weighted by Gasteiger charge is 2.08. The summed E-state index contributed by atoms with van der Waals surface area (Å²) in [7, 11) is 0. The number of aliphatic hydroxyl groups is 1. The zero-order chi connectivity index (χ0) is 17.2. The van der Waals surface area contributed by atoms with Crippen LogP contribution in [0.5, 0.6) is 0 Å². The second-order valence-corrected chi connectivity index (χ2v) is 8.03. The molecule has 140 valence electrons. The number of hydrogen-bond acceptors (Lipinski definition) is 2. The SMILES string of the molecule is CCCCN(CCCCCCCCCCCCCCI)C(C)O. The molecule has 0 spiro atoms. The standard InChI is InChI=1S/C20H42INO/c1-3-4-18-22(20(2)23)19-16-14-12-10-8-6-5-7-9-11-13-15-17-21/h20,23H,3-19H2,1-2H3. The maximum atomic E-state index is 9.76. The average molecular weight is 439 g/mol. The van der Waals surface area contributed by atoms with Crippen LogP contribution in [0.1, 0.15) is 104 Å². The van der Waals surface area contributed by atoms with Crippen LogP contribution in [0.3, 0.4) is 0 Å². The van der Waals surface area contributed by atoms with Crippen LogP contribution in [0.4, 0.5) is 0 Å². The van der Waals surface area contributed by atoms with Crippen LogP contribution in [0.15, 0.2) is 0 Å². The van der Waals surface area contributed by atoms with Gasteiger partial charge in [-0.15, -0.1) is 0 Å². The van der Waals surface area contributed by atoms with Gasteiger partial charge in [0.1, 0.15) is 6.23 Å². The van der Waals surface area contributed by atoms with E-state index < -0.39 is 0 Å². The highest BCUT2D eigenvalue weighted by Crippen LogP contribution is 2.13. The average Bonchev–Trinajstić information content (AvgIpc) is 2.54. The first-order valence-electron chi connectivity index (χ1n) is 10.2. The number of halogens is 1. The summed E-state index contributed by atoms with van der Waals surface area (Å²) in [6, 6.07) is 0. The molecule has 0 saturated heterocycles. The summed E-state index contributed by atoms with van der Waals surface area (Å²) in [5.74, 6) is 0. The molecule has 0 aliphatic carbocycles. The molecule has 0 rings (SSSR count). The van der Waals surface area contributed by atoms with Gasteiger partial charge in [-0.05, 0) is 30.6 Å². The molecule has 0 aromatic rings. The predicted octanol–water partition coefficient (Wildman–Crippen LogP) is 6.54. The van der Waals surface area contributed by atoms with Crippen LogP contribution >= 0.6 is 22.6 Å². The third kappa shape index (κ3) is 17.3. The molecule has 0 aliphatic rings. The smallest absolute Gasteiger partial charge is 0.104 e. The Labute approximate surface area is 159 Å². The topological polar surface area (TPSA) is 23.5 Å². The van der Waals surface area contributed by atoms with E-state index in [0.29, 0.717) is 0 Å². The Morgan fingerprint density at radius 3 is 1.48 bits per heavy atom. The lowest BCUT2D eigenvalue weighted by Gasteiger charge is -2.25. The van der Waals surface area contributed by atoms with Crippen molar-refractivity contribution in [3.05, 3.63) is 0 Å². The van der Waals surface area contributed by atoms with Crippen molar-refractivity contribution in [2.45, 2.75) is 110 Å². The third-order valence-electron chi connectivity index (χ3n) is 4.66. The number of aliphatic hydroxyl groups excluding tert-OH is 1. The third-order valence-corrected chi connectivity index (χ3v) is 5.42. The Kier molecular flexibility index (Phi) is 19.5. The van der Waals surface area contributed by atoms with E-state index in [-0.39, 0.29) is 6.23 Å². The number of unbranched alkanes of at least 4 members (excludes halogenated alkanes) is 12. The van der Waals surface area contributed by atoms with Gasteiger partial charge in [-0.1, -0.05) is 100 Å². The van der Waals surface area contributed by atoms with Crippen molar-refractivity contribution >= 4 is 22.6 Å². The Morgan fingerprint density at radius 2 is 1.09 bits per heavy atom. The Bertz CT molecular complexity index is 224. The maximum absolute atomic E-state index is 9.76. The van der Waals surface area contributed by atoms with Gasteiger partial charge < -0.3 is 5.11 Å². The monoisotopic (exact) mass is 439 g/mol. The lowest BCUT2D eigenvalue weighted by atomic mass is 10.1. The quantitative estimate of drug-likeness (QED) is 0.113. The van der Waals surface area contributed by atoms with E-state index in [2.05, 4.69) is 34.4 Å². The van der Waals surface area contributed by atoms with E-state index in [1.807, 2.05) is 6.92 Å². The Hall–Kier alpha value is 0.650. The van der Waals surface area contributed by atoms with Gasteiger partial charge in [0.2, 0.25) is 0 Å². The molecule has 1 unspecified atom stereocenters. The Balaban J connectivity index is 3.25. The molecule has 0 saturated carbocycles. The van der Waals surface area contributed by atoms with Gasteiger partial charge in [0.25, 0.3) is 0 Å². The lowest BCUT2D eigenvalue weighted by Crippen LogP contribution is -2.34. The van der Waals surface area contributed by atoms with Crippen LogP contribution in [0.2, 0.25) is 0 Å². The molecule has 0 aromatic heterocycles. The van der Waals surface area contributed by atoms with Gasteiger partial charge in [-0.3, -0.25) is 4.90 Å². The molecule has 0 fully saturated rings. The summed E-state index contributed by atoms with van der Waals surface area (Å²) < 4.78 is 1.32. The van der Waals surface area contributed by atoms with E-state index >= 15 is 0 Å². The summed E-state index contributed by atoms with van der Waals surface area (Å²) in [5, 5.41) is 9.76. The summed E-state index contributed by atoms with van der Waals surface area (Å²) in [6.45, 7) is 6.23. The summed E-state index contributed by atoms with van der Waals surface area (Å²) in [6.07, 6.45) is 18.9. The molecule has 1 atom stereocenters. The van der Waals surface area contributed by atoms with Crippen molar-refractivity contribution in [2.24, 2.45) is 0 Å². The highest BCUT2D eigenvalue weighted by atomic mass is 127. The zero-order valence-corrected chi connectivity index (χ0v) is 18.0. The largest absolute Gasteiger partial charge is 0.379 e. The van der Waals surface area contributed by atoms with Gasteiger partial charge in [-0.25, -0.2) is 0 Å². The predicted molar refractivity (Wildman–Crippen MR) is 112 cm³/mol. The first-order chi connectivity index (χ1) is 11.2. The van der Waals surface area contributed by atoms with Gasteiger partial charge >= 0.3 is 0 Å². The summed E-state index contributed by atoms with van der Waals surface area (Å²) in [5.41, 5.74) is 0. The molecule has 0 aliphatic heterocycles. The highest BCUT2D eigenvalue weighted by molar-refractivity contribution is 14.1. The minimum absolute atomic E-state index is 0.279. The molecule has 0 radical (unpaired) electrons. The van der Waals surface area contributed by atoms with Gasteiger partial charge in [0, 0.05) is 13.1 Å². The van der Waals surface area contributed by atoms with Crippen molar-refractivity contribution in [3.63, 3.8) is 0 Å². The van der Waals surface area contributed by atoms with Crippen LogP contribution in [0.25, 0.3) is 0 Å². The van der Waals surface area contributed by atoms with Crippen LogP contribution < -0.4 is 0 Å². The fourth-order valence-electron chi connectivity index (χ4n) is 3.02. The molecule has 0 heterocycles. The van der Waals surface area contributed by atoms with Gasteiger partial charge in [-0.2, -0.15) is 0 Å². The minimum atomic E-state index is -0.279. The van der Waals surface area contributed by atoms with Gasteiger partial charge in [0.05, 0.1) is 0 Å². The second kappa shape index (κ2) is 19.0. The fraction of sp³-hybridized carbons (Fsp3) is 1.00. The van der Waals surface area contributed by atoms with Crippen molar-refractivity contribution in [3.8, 4) is 0 Å². The molecule has 23 heavy (non-hydrogen) atoms. The van der Waals surface area contributed by atoms with Crippen LogP contribution in [0, 0.1) is 0 Å². The van der Waals surface area contributed by atoms with Crippen LogP contribution in [-0.2, 0) is 0 Å². The number of alkyl halides is 1. The summed E-state index contributed by atoms with van der Waals surface area (Å²) in [4.78, 5) is 2.22. The van der Waals surface area contributed by atoms with Crippen molar-refractivity contribution in [2.75, 3.05) is 17.5 Å². The lowest BCUT2D eigenvalue weighted by molar-refractivity contribution is 0.0166. The molecule has 0 aromatic carbocycles. The van der Waals surface area contributed by atoms with Crippen molar-refractivity contribution < 1.29 is 5.11 Å². The van der Waals surface area contributed by atoms with E-state index in [4.69, 9.17) is 0 Å². The molecule has 0 bridgehead atoms. The van der Waals surface area contributed by atoms with E-state index in [9.17, 15) is 5.11 Å². The van der Waals surface area contributed by atoms with E-state index in [1.54, 1.807) is 0 Å². The van der Waals surface area contributed by atoms with Crippen molar-refractivity contribution in [1.82, 2.24) is 4.90 Å². The first kappa shape index (κ1) is 23.6. The molecule has 0 amide bonds. The zero-order valence-electron chi connectivity index (χ0n) is 15.9. The van der Waals surface area contributed by atoms with Gasteiger partial charge in [0.15, 0.2) is 0 Å². The molecule has 2 nitrogen and oxygen atoms in total. The van der Waals surface area contributed by atoms with Crippen LogP contribution in [-0.4, -0.2) is 33.8 Å². The molecular weight excluding hydrogens is 397 g/mol. The molecular formula is C20H42INO. The molecule has 1 N–H and O–H groups in total. The Morgan fingerprint density at radius 1 is 0.696 bits per heavy atom. The summed E-state index contributed by atoms with van der Waals surface area (Å²) >= 11 is 2.48. The number of hydrogen-bond donors (Lipinski definition) is 1. The fourth-order valence-corrected chi connectivity index (χ4v) is 3.56. The van der Waals surface area contributed by atoms with E-state index in [1.165, 1.54) is 94.3 Å². The second-order valence-electron chi connectivity index (χ2n) is 6.95. The molecule has 3 heteroatoms.